The van der Waals surface area contributed by atoms with Gasteiger partial charge in [0, 0.05) is 18.8 Å². The van der Waals surface area contributed by atoms with Crippen molar-refractivity contribution in [1.82, 2.24) is 0 Å². The Balaban J connectivity index is 2.26. The lowest BCUT2D eigenvalue weighted by Gasteiger charge is -2.09. The van der Waals surface area contributed by atoms with Crippen LogP contribution in [-0.2, 0) is 4.74 Å². The summed E-state index contributed by atoms with van der Waals surface area (Å²) in [5.41, 5.74) is 1.73. The molecule has 0 unspecified atom stereocenters. The van der Waals surface area contributed by atoms with E-state index in [1.165, 1.54) is 12.1 Å². The zero-order valence-electron chi connectivity index (χ0n) is 10.2. The molecule has 90 valence electrons. The Morgan fingerprint density at radius 1 is 1.31 bits per heavy atom. The van der Waals surface area contributed by atoms with Crippen molar-refractivity contribution in [2.75, 3.05) is 25.1 Å². The van der Waals surface area contributed by atoms with E-state index in [0.29, 0.717) is 19.1 Å². The maximum absolute atomic E-state index is 13.0. The summed E-state index contributed by atoms with van der Waals surface area (Å²) in [6, 6.07) is 4.93. The normalized spacial score (nSPS) is 10.8. The van der Waals surface area contributed by atoms with Crippen LogP contribution < -0.4 is 5.32 Å². The fourth-order valence-electron chi connectivity index (χ4n) is 1.42. The molecule has 0 bridgehead atoms. The minimum atomic E-state index is -0.203. The highest BCUT2D eigenvalue weighted by Crippen LogP contribution is 2.12. The van der Waals surface area contributed by atoms with Gasteiger partial charge in [0.2, 0.25) is 0 Å². The molecule has 0 spiro atoms. The van der Waals surface area contributed by atoms with Gasteiger partial charge in [0.1, 0.15) is 5.82 Å². The lowest BCUT2D eigenvalue weighted by atomic mass is 10.2. The second-order valence-corrected chi connectivity index (χ2v) is 4.41. The van der Waals surface area contributed by atoms with Gasteiger partial charge >= 0.3 is 0 Å². The molecule has 0 amide bonds. The molecule has 1 N–H and O–H groups in total. The third-order valence-corrected chi connectivity index (χ3v) is 2.07. The third kappa shape index (κ3) is 5.12. The van der Waals surface area contributed by atoms with E-state index in [1.54, 1.807) is 0 Å². The number of anilines is 1. The quantitative estimate of drug-likeness (QED) is 0.750. The van der Waals surface area contributed by atoms with Crippen molar-refractivity contribution in [2.24, 2.45) is 5.92 Å². The molecule has 1 rings (SSSR count). The highest BCUT2D eigenvalue weighted by Gasteiger charge is 1.98. The number of aryl methyl sites for hydroxylation is 1. The average molecular weight is 225 g/mol. The summed E-state index contributed by atoms with van der Waals surface area (Å²) in [5, 5.41) is 3.14. The van der Waals surface area contributed by atoms with Gasteiger partial charge in [0.15, 0.2) is 0 Å². The highest BCUT2D eigenvalue weighted by molar-refractivity contribution is 5.45. The SMILES string of the molecule is Cc1cc(F)cc(NCCOCC(C)C)c1. The van der Waals surface area contributed by atoms with Crippen LogP contribution in [0.5, 0.6) is 0 Å². The second-order valence-electron chi connectivity index (χ2n) is 4.41. The molecule has 16 heavy (non-hydrogen) atoms. The van der Waals surface area contributed by atoms with E-state index >= 15 is 0 Å². The average Bonchev–Trinajstić information content (AvgIpc) is 2.15. The van der Waals surface area contributed by atoms with Crippen molar-refractivity contribution in [3.63, 3.8) is 0 Å². The van der Waals surface area contributed by atoms with Gasteiger partial charge in [-0.15, -0.1) is 0 Å². The van der Waals surface area contributed by atoms with Gasteiger partial charge in [-0.2, -0.15) is 0 Å². The van der Waals surface area contributed by atoms with Crippen LogP contribution in [0.25, 0.3) is 0 Å². The minimum absolute atomic E-state index is 0.203. The van der Waals surface area contributed by atoms with Gasteiger partial charge in [-0.1, -0.05) is 13.8 Å². The van der Waals surface area contributed by atoms with Crippen LogP contribution in [0.15, 0.2) is 18.2 Å². The summed E-state index contributed by atoms with van der Waals surface area (Å²) in [4.78, 5) is 0. The van der Waals surface area contributed by atoms with Gasteiger partial charge in [-0.05, 0) is 36.6 Å². The summed E-state index contributed by atoms with van der Waals surface area (Å²) in [6.45, 7) is 8.23. The maximum Gasteiger partial charge on any atom is 0.125 e. The van der Waals surface area contributed by atoms with Crippen molar-refractivity contribution in [3.8, 4) is 0 Å². The molecule has 0 aliphatic rings. The van der Waals surface area contributed by atoms with Gasteiger partial charge in [0.05, 0.1) is 6.61 Å². The molecule has 0 aliphatic carbocycles. The van der Waals surface area contributed by atoms with Crippen molar-refractivity contribution in [1.29, 1.82) is 0 Å². The topological polar surface area (TPSA) is 21.3 Å². The zero-order valence-corrected chi connectivity index (χ0v) is 10.2. The van der Waals surface area contributed by atoms with E-state index in [2.05, 4.69) is 19.2 Å². The van der Waals surface area contributed by atoms with Crippen molar-refractivity contribution in [2.45, 2.75) is 20.8 Å². The molecule has 1 aromatic carbocycles. The van der Waals surface area contributed by atoms with Crippen LogP contribution >= 0.6 is 0 Å². The molecule has 0 aliphatic heterocycles. The Morgan fingerprint density at radius 2 is 2.06 bits per heavy atom. The Bertz CT molecular complexity index is 305. The van der Waals surface area contributed by atoms with Crippen LogP contribution in [0.3, 0.4) is 0 Å². The summed E-state index contributed by atoms with van der Waals surface area (Å²) < 4.78 is 18.5. The number of nitrogens with one attached hydrogen (secondary N) is 1. The zero-order chi connectivity index (χ0) is 12.0. The van der Waals surface area contributed by atoms with Crippen LogP contribution in [0.2, 0.25) is 0 Å². The fourth-order valence-corrected chi connectivity index (χ4v) is 1.42. The lowest BCUT2D eigenvalue weighted by Crippen LogP contribution is -2.12. The first-order chi connectivity index (χ1) is 7.58. The number of halogens is 1. The Morgan fingerprint density at radius 3 is 2.69 bits per heavy atom. The molecule has 0 fully saturated rings. The molecule has 0 atom stereocenters. The molecular formula is C13H20FNO. The summed E-state index contributed by atoms with van der Waals surface area (Å²) in [7, 11) is 0. The van der Waals surface area contributed by atoms with E-state index in [-0.39, 0.29) is 5.82 Å². The Hall–Kier alpha value is -1.09. The van der Waals surface area contributed by atoms with Crippen LogP contribution in [0.4, 0.5) is 10.1 Å². The van der Waals surface area contributed by atoms with Crippen molar-refractivity contribution in [3.05, 3.63) is 29.6 Å². The first kappa shape index (κ1) is 13.0. The lowest BCUT2D eigenvalue weighted by molar-refractivity contribution is 0.118. The molecule has 0 aromatic heterocycles. The first-order valence-electron chi connectivity index (χ1n) is 5.66. The second kappa shape index (κ2) is 6.48. The summed E-state index contributed by atoms with van der Waals surface area (Å²) >= 11 is 0. The molecule has 0 radical (unpaired) electrons. The van der Waals surface area contributed by atoms with E-state index in [9.17, 15) is 4.39 Å². The van der Waals surface area contributed by atoms with Gasteiger partial charge in [0.25, 0.3) is 0 Å². The number of benzene rings is 1. The number of rotatable bonds is 6. The summed E-state index contributed by atoms with van der Waals surface area (Å²) in [6.07, 6.45) is 0. The first-order valence-corrected chi connectivity index (χ1v) is 5.66. The molecule has 1 aromatic rings. The number of ether oxygens (including phenoxy) is 1. The smallest absolute Gasteiger partial charge is 0.125 e. The maximum atomic E-state index is 13.0. The van der Waals surface area contributed by atoms with Gasteiger partial charge in [-0.3, -0.25) is 0 Å². The van der Waals surface area contributed by atoms with E-state index < -0.39 is 0 Å². The fraction of sp³-hybridized carbons (Fsp3) is 0.538. The standard InChI is InChI=1S/C13H20FNO/c1-10(2)9-16-5-4-15-13-7-11(3)6-12(14)8-13/h6-8,10,15H,4-5,9H2,1-3H3. The van der Waals surface area contributed by atoms with Gasteiger partial charge in [-0.25, -0.2) is 4.39 Å². The van der Waals surface area contributed by atoms with E-state index in [4.69, 9.17) is 4.74 Å². The van der Waals surface area contributed by atoms with E-state index in [1.807, 2.05) is 13.0 Å². The van der Waals surface area contributed by atoms with Crippen LogP contribution in [0, 0.1) is 18.7 Å². The largest absolute Gasteiger partial charge is 0.383 e. The minimum Gasteiger partial charge on any atom is -0.383 e. The van der Waals surface area contributed by atoms with Crippen molar-refractivity contribution < 1.29 is 9.13 Å². The summed E-state index contributed by atoms with van der Waals surface area (Å²) in [5.74, 6) is 0.349. The molecule has 2 nitrogen and oxygen atoms in total. The molecular weight excluding hydrogens is 205 g/mol. The molecule has 0 saturated carbocycles. The Kier molecular flexibility index (Phi) is 5.26. The predicted molar refractivity (Wildman–Crippen MR) is 65.3 cm³/mol. The Labute approximate surface area is 96.8 Å². The van der Waals surface area contributed by atoms with Crippen molar-refractivity contribution >= 4 is 5.69 Å². The van der Waals surface area contributed by atoms with E-state index in [0.717, 1.165) is 17.9 Å². The monoisotopic (exact) mass is 225 g/mol. The number of hydrogen-bond acceptors (Lipinski definition) is 2. The number of hydrogen-bond donors (Lipinski definition) is 1. The highest BCUT2D eigenvalue weighted by atomic mass is 19.1. The molecule has 0 heterocycles. The molecule has 0 saturated heterocycles. The third-order valence-electron chi connectivity index (χ3n) is 2.07. The van der Waals surface area contributed by atoms with Crippen LogP contribution in [-0.4, -0.2) is 19.8 Å². The molecule has 3 heteroatoms. The predicted octanol–water partition coefficient (Wildman–Crippen LogP) is 3.22. The van der Waals surface area contributed by atoms with Gasteiger partial charge < -0.3 is 10.1 Å². The van der Waals surface area contributed by atoms with Crippen LogP contribution in [0.1, 0.15) is 19.4 Å².